The molecule has 0 saturated heterocycles. The van der Waals surface area contributed by atoms with Gasteiger partial charge in [0, 0.05) is 12.5 Å². The fourth-order valence-electron chi connectivity index (χ4n) is 1.15. The topological polar surface area (TPSA) is 89.6 Å². The molecule has 0 heterocycles. The quantitative estimate of drug-likeness (QED) is 0.481. The summed E-state index contributed by atoms with van der Waals surface area (Å²) in [4.78, 5) is 0. The zero-order valence-electron chi connectivity index (χ0n) is 8.98. The van der Waals surface area contributed by atoms with Crippen LogP contribution < -0.4 is 5.73 Å². The van der Waals surface area contributed by atoms with Crippen molar-refractivity contribution in [2.24, 2.45) is 11.7 Å². The van der Waals surface area contributed by atoms with E-state index in [9.17, 15) is 8.42 Å². The van der Waals surface area contributed by atoms with Gasteiger partial charge >= 0.3 is 0 Å². The second-order valence-corrected chi connectivity index (χ2v) is 4.89. The summed E-state index contributed by atoms with van der Waals surface area (Å²) in [5.41, 5.74) is 5.51. The molecule has 0 radical (unpaired) electrons. The van der Waals surface area contributed by atoms with E-state index in [1.54, 1.807) is 0 Å². The van der Waals surface area contributed by atoms with Crippen LogP contribution in [0, 0.1) is 5.92 Å². The van der Waals surface area contributed by atoms with Crippen LogP contribution in [0.1, 0.15) is 19.8 Å². The summed E-state index contributed by atoms with van der Waals surface area (Å²) in [6, 6.07) is 0. The highest BCUT2D eigenvalue weighted by atomic mass is 32.2. The van der Waals surface area contributed by atoms with E-state index >= 15 is 0 Å². The molecule has 0 saturated carbocycles. The van der Waals surface area contributed by atoms with Crippen LogP contribution in [0.25, 0.3) is 0 Å². The zero-order chi connectivity index (χ0) is 11.9. The Morgan fingerprint density at radius 2 is 2.20 bits per heavy atom. The average molecular weight is 237 g/mol. The average Bonchev–Trinajstić information content (AvgIpc) is 2.11. The lowest BCUT2D eigenvalue weighted by atomic mass is 10.0. The van der Waals surface area contributed by atoms with Gasteiger partial charge in [0.05, 0.1) is 5.76 Å². The maximum Gasteiger partial charge on any atom is 0.268 e. The molecular weight excluding hydrogens is 218 g/mol. The van der Waals surface area contributed by atoms with E-state index in [2.05, 4.69) is 6.58 Å². The molecule has 0 aromatic rings. The Bertz CT molecular complexity index is 286. The number of hydrogen-bond donors (Lipinski definition) is 2. The summed E-state index contributed by atoms with van der Waals surface area (Å²) < 4.78 is 34.4. The fraction of sp³-hybridized carbons (Fsp3) is 0.778. The Morgan fingerprint density at radius 1 is 1.60 bits per heavy atom. The summed E-state index contributed by atoms with van der Waals surface area (Å²) in [6.07, 6.45) is 1.82. The third kappa shape index (κ3) is 7.35. The van der Waals surface area contributed by atoms with Gasteiger partial charge in [-0.15, -0.1) is 0 Å². The van der Waals surface area contributed by atoms with E-state index in [1.807, 2.05) is 6.92 Å². The normalized spacial score (nSPS) is 13.5. The summed E-state index contributed by atoms with van der Waals surface area (Å²) in [7, 11) is -3.96. The van der Waals surface area contributed by atoms with Crippen molar-refractivity contribution in [3.8, 4) is 0 Å². The molecule has 1 unspecified atom stereocenters. The van der Waals surface area contributed by atoms with Crippen LogP contribution in [0.3, 0.4) is 0 Å². The Kier molecular flexibility index (Phi) is 6.55. The molecule has 0 aliphatic heterocycles. The molecule has 0 spiro atoms. The fourth-order valence-corrected chi connectivity index (χ4v) is 1.45. The monoisotopic (exact) mass is 237 g/mol. The lowest BCUT2D eigenvalue weighted by Crippen LogP contribution is -2.19. The number of hydrogen-bond acceptors (Lipinski definition) is 4. The van der Waals surface area contributed by atoms with Gasteiger partial charge in [0.25, 0.3) is 10.1 Å². The van der Waals surface area contributed by atoms with Gasteiger partial charge in [-0.1, -0.05) is 19.9 Å². The van der Waals surface area contributed by atoms with E-state index in [0.717, 1.165) is 12.8 Å². The van der Waals surface area contributed by atoms with Crippen LogP contribution in [0.2, 0.25) is 0 Å². The first-order valence-electron chi connectivity index (χ1n) is 4.87. The van der Waals surface area contributed by atoms with Crippen molar-refractivity contribution in [1.29, 1.82) is 0 Å². The SMILES string of the molecule is C=C(OCCS(=O)(=O)O)C(CN)CCC. The minimum absolute atomic E-state index is 0.0522. The molecule has 0 rings (SSSR count). The Hall–Kier alpha value is -0.590. The highest BCUT2D eigenvalue weighted by Crippen LogP contribution is 2.15. The highest BCUT2D eigenvalue weighted by molar-refractivity contribution is 7.85. The van der Waals surface area contributed by atoms with Crippen molar-refractivity contribution in [2.45, 2.75) is 19.8 Å². The predicted octanol–water partition coefficient (Wildman–Crippen LogP) is 0.779. The van der Waals surface area contributed by atoms with E-state index in [-0.39, 0.29) is 12.5 Å². The molecule has 15 heavy (non-hydrogen) atoms. The van der Waals surface area contributed by atoms with Gasteiger partial charge in [-0.2, -0.15) is 8.42 Å². The van der Waals surface area contributed by atoms with Gasteiger partial charge in [0.15, 0.2) is 0 Å². The van der Waals surface area contributed by atoms with Crippen molar-refractivity contribution < 1.29 is 17.7 Å². The summed E-state index contributed by atoms with van der Waals surface area (Å²) in [5, 5.41) is 0. The first-order chi connectivity index (χ1) is 6.90. The molecule has 0 aromatic carbocycles. The lowest BCUT2D eigenvalue weighted by molar-refractivity contribution is 0.190. The van der Waals surface area contributed by atoms with Crippen LogP contribution in [0.5, 0.6) is 0 Å². The van der Waals surface area contributed by atoms with Crippen LogP contribution >= 0.6 is 0 Å². The Balaban J connectivity index is 3.91. The van der Waals surface area contributed by atoms with E-state index in [4.69, 9.17) is 15.0 Å². The maximum absolute atomic E-state index is 10.4. The third-order valence-electron chi connectivity index (χ3n) is 2.01. The molecule has 0 aliphatic carbocycles. The maximum atomic E-state index is 10.4. The lowest BCUT2D eigenvalue weighted by Gasteiger charge is -2.17. The van der Waals surface area contributed by atoms with E-state index < -0.39 is 15.9 Å². The number of nitrogens with two attached hydrogens (primary N) is 1. The molecule has 3 N–H and O–H groups in total. The minimum Gasteiger partial charge on any atom is -0.497 e. The van der Waals surface area contributed by atoms with Gasteiger partial charge in [0.2, 0.25) is 0 Å². The summed E-state index contributed by atoms with van der Waals surface area (Å²) >= 11 is 0. The molecule has 0 aromatic heterocycles. The molecule has 5 nitrogen and oxygen atoms in total. The number of rotatable bonds is 8. The van der Waals surface area contributed by atoms with Crippen LogP contribution in [-0.2, 0) is 14.9 Å². The second-order valence-electron chi connectivity index (χ2n) is 3.32. The van der Waals surface area contributed by atoms with Crippen molar-refractivity contribution >= 4 is 10.1 Å². The first-order valence-corrected chi connectivity index (χ1v) is 6.48. The van der Waals surface area contributed by atoms with Crippen LogP contribution in [0.15, 0.2) is 12.3 Å². The van der Waals surface area contributed by atoms with Crippen molar-refractivity contribution in [3.05, 3.63) is 12.3 Å². The van der Waals surface area contributed by atoms with Gasteiger partial charge in [-0.25, -0.2) is 0 Å². The Morgan fingerprint density at radius 3 is 2.60 bits per heavy atom. The van der Waals surface area contributed by atoms with Crippen LogP contribution in [-0.4, -0.2) is 31.9 Å². The summed E-state index contributed by atoms with van der Waals surface area (Å²) in [6.45, 7) is 6.05. The molecule has 1 atom stereocenters. The summed E-state index contributed by atoms with van der Waals surface area (Å²) in [5.74, 6) is 0.120. The van der Waals surface area contributed by atoms with Gasteiger partial charge < -0.3 is 10.5 Å². The van der Waals surface area contributed by atoms with Gasteiger partial charge in [-0.3, -0.25) is 4.55 Å². The molecular formula is C9H19NO4S. The molecule has 90 valence electrons. The smallest absolute Gasteiger partial charge is 0.268 e. The molecule has 0 fully saturated rings. The van der Waals surface area contributed by atoms with Crippen molar-refractivity contribution in [1.82, 2.24) is 0 Å². The van der Waals surface area contributed by atoms with Gasteiger partial charge in [0.1, 0.15) is 12.4 Å². The first kappa shape index (κ1) is 14.4. The van der Waals surface area contributed by atoms with Crippen LogP contribution in [0.4, 0.5) is 0 Å². The molecule has 0 amide bonds. The molecule has 0 aliphatic rings. The highest BCUT2D eigenvalue weighted by Gasteiger charge is 2.12. The number of ether oxygens (including phenoxy) is 1. The van der Waals surface area contributed by atoms with E-state index in [1.165, 1.54) is 0 Å². The predicted molar refractivity (Wildman–Crippen MR) is 59.0 cm³/mol. The van der Waals surface area contributed by atoms with Crippen molar-refractivity contribution in [2.75, 3.05) is 18.9 Å². The Labute approximate surface area is 91.1 Å². The zero-order valence-corrected chi connectivity index (χ0v) is 9.79. The second kappa shape index (κ2) is 6.81. The van der Waals surface area contributed by atoms with Crippen molar-refractivity contribution in [3.63, 3.8) is 0 Å². The van der Waals surface area contributed by atoms with E-state index in [0.29, 0.717) is 12.3 Å². The standard InChI is InChI=1S/C9H19NO4S/c1-3-4-9(7-10)8(2)14-5-6-15(11,12)13/h9H,2-7,10H2,1H3,(H,11,12,13). The molecule has 6 heteroatoms. The largest absolute Gasteiger partial charge is 0.497 e. The molecule has 0 bridgehead atoms. The van der Waals surface area contributed by atoms with Gasteiger partial charge in [-0.05, 0) is 6.42 Å². The minimum atomic E-state index is -3.96. The third-order valence-corrected chi connectivity index (χ3v) is 2.69.